The highest BCUT2D eigenvalue weighted by Gasteiger charge is 2.16. The summed E-state index contributed by atoms with van der Waals surface area (Å²) in [5.41, 5.74) is 6.48. The minimum atomic E-state index is -0.280. The van der Waals surface area contributed by atoms with Crippen LogP contribution in [0.25, 0.3) is 11.0 Å². The second-order valence-electron chi connectivity index (χ2n) is 5.74. The minimum absolute atomic E-state index is 0.116. The van der Waals surface area contributed by atoms with Crippen molar-refractivity contribution in [1.82, 2.24) is 25.7 Å². The molecule has 0 radical (unpaired) electrons. The number of fused-ring (bicyclic) bond motifs is 1. The molecule has 1 aromatic carbocycles. The van der Waals surface area contributed by atoms with E-state index in [4.69, 9.17) is 0 Å². The third-order valence-electron chi connectivity index (χ3n) is 3.68. The summed E-state index contributed by atoms with van der Waals surface area (Å²) in [6, 6.07) is 7.27. The fraction of sp³-hybridized carbons (Fsp3) is 0.438. The van der Waals surface area contributed by atoms with Gasteiger partial charge in [0.2, 0.25) is 12.3 Å². The molecule has 1 aromatic heterocycles. The lowest BCUT2D eigenvalue weighted by atomic mass is 9.98. The van der Waals surface area contributed by atoms with Crippen molar-refractivity contribution in [2.75, 3.05) is 12.0 Å². The van der Waals surface area contributed by atoms with Gasteiger partial charge in [0.05, 0.1) is 12.1 Å². The Hall–Kier alpha value is -2.81. The van der Waals surface area contributed by atoms with Gasteiger partial charge in [-0.3, -0.25) is 25.6 Å². The van der Waals surface area contributed by atoms with Gasteiger partial charge < -0.3 is 0 Å². The van der Waals surface area contributed by atoms with E-state index >= 15 is 0 Å². The SMILES string of the molecule is CCCC[C@H](CC(=O)NNc1nnc2ccccc2n1)CN(O)C=O. The van der Waals surface area contributed by atoms with Crippen molar-refractivity contribution in [3.8, 4) is 0 Å². The lowest BCUT2D eigenvalue weighted by Gasteiger charge is -2.19. The quantitative estimate of drug-likeness (QED) is 0.339. The molecule has 0 spiro atoms. The maximum absolute atomic E-state index is 12.1. The minimum Gasteiger partial charge on any atom is -0.286 e. The van der Waals surface area contributed by atoms with Gasteiger partial charge in [-0.05, 0) is 24.5 Å². The first kappa shape index (κ1) is 18.5. The normalized spacial score (nSPS) is 11.8. The average molecular weight is 346 g/mol. The fourth-order valence-corrected chi connectivity index (χ4v) is 2.43. The first-order valence-corrected chi connectivity index (χ1v) is 8.17. The van der Waals surface area contributed by atoms with E-state index in [0.717, 1.165) is 19.3 Å². The number of rotatable bonds is 10. The maximum atomic E-state index is 12.1. The number of hydrogen-bond donors (Lipinski definition) is 3. The Morgan fingerprint density at radius 2 is 2.08 bits per heavy atom. The number of anilines is 1. The number of nitrogens with zero attached hydrogens (tertiary/aromatic N) is 4. The molecular formula is C16H22N6O3. The van der Waals surface area contributed by atoms with Crippen LogP contribution in [0.3, 0.4) is 0 Å². The zero-order valence-electron chi connectivity index (χ0n) is 14.1. The fourth-order valence-electron chi connectivity index (χ4n) is 2.43. The highest BCUT2D eigenvalue weighted by Crippen LogP contribution is 2.14. The Balaban J connectivity index is 1.88. The molecule has 0 bridgehead atoms. The predicted molar refractivity (Wildman–Crippen MR) is 91.3 cm³/mol. The number of aromatic nitrogens is 3. The molecule has 2 amide bonds. The molecule has 2 aromatic rings. The molecule has 2 rings (SSSR count). The summed E-state index contributed by atoms with van der Waals surface area (Å²) in [5.74, 6) is -0.224. The monoisotopic (exact) mass is 346 g/mol. The molecule has 0 aliphatic carbocycles. The van der Waals surface area contributed by atoms with Crippen molar-refractivity contribution in [2.45, 2.75) is 32.6 Å². The van der Waals surface area contributed by atoms with Crippen LogP contribution in [0.2, 0.25) is 0 Å². The van der Waals surface area contributed by atoms with Crippen LogP contribution in [0.15, 0.2) is 24.3 Å². The summed E-state index contributed by atoms with van der Waals surface area (Å²) in [4.78, 5) is 26.9. The molecule has 1 heterocycles. The number of hydroxylamine groups is 2. The number of benzene rings is 1. The van der Waals surface area contributed by atoms with Crippen molar-refractivity contribution >= 4 is 29.3 Å². The van der Waals surface area contributed by atoms with E-state index in [2.05, 4.69) is 26.0 Å². The van der Waals surface area contributed by atoms with Crippen LogP contribution >= 0.6 is 0 Å². The second kappa shape index (κ2) is 9.48. The Kier molecular flexibility index (Phi) is 7.02. The van der Waals surface area contributed by atoms with Crippen molar-refractivity contribution in [3.63, 3.8) is 0 Å². The second-order valence-corrected chi connectivity index (χ2v) is 5.74. The predicted octanol–water partition coefficient (Wildman–Crippen LogP) is 1.51. The van der Waals surface area contributed by atoms with Crippen molar-refractivity contribution < 1.29 is 14.8 Å². The molecule has 9 nitrogen and oxygen atoms in total. The molecule has 0 aliphatic heterocycles. The Morgan fingerprint density at radius 3 is 2.80 bits per heavy atom. The van der Waals surface area contributed by atoms with Crippen LogP contribution in [-0.2, 0) is 9.59 Å². The lowest BCUT2D eigenvalue weighted by Crippen LogP contribution is -2.34. The van der Waals surface area contributed by atoms with E-state index in [-0.39, 0.29) is 30.7 Å². The van der Waals surface area contributed by atoms with E-state index in [9.17, 15) is 14.8 Å². The Morgan fingerprint density at radius 1 is 1.32 bits per heavy atom. The Labute approximate surface area is 145 Å². The van der Waals surface area contributed by atoms with Crippen LogP contribution in [-0.4, -0.2) is 44.3 Å². The summed E-state index contributed by atoms with van der Waals surface area (Å²) in [6.45, 7) is 2.16. The van der Waals surface area contributed by atoms with Crippen molar-refractivity contribution in [1.29, 1.82) is 0 Å². The first-order chi connectivity index (χ1) is 12.1. The number of carbonyl (C=O) groups excluding carboxylic acids is 2. The molecular weight excluding hydrogens is 324 g/mol. The van der Waals surface area contributed by atoms with Crippen molar-refractivity contribution in [2.24, 2.45) is 5.92 Å². The lowest BCUT2D eigenvalue weighted by molar-refractivity contribution is -0.153. The van der Waals surface area contributed by atoms with E-state index < -0.39 is 0 Å². The summed E-state index contributed by atoms with van der Waals surface area (Å²) >= 11 is 0. The van der Waals surface area contributed by atoms with Crippen molar-refractivity contribution in [3.05, 3.63) is 24.3 Å². The third-order valence-corrected chi connectivity index (χ3v) is 3.68. The largest absolute Gasteiger partial charge is 0.286 e. The highest BCUT2D eigenvalue weighted by molar-refractivity contribution is 5.78. The summed E-state index contributed by atoms with van der Waals surface area (Å²) < 4.78 is 0. The molecule has 134 valence electrons. The van der Waals surface area contributed by atoms with Gasteiger partial charge in [0.25, 0.3) is 5.95 Å². The van der Waals surface area contributed by atoms with Gasteiger partial charge in [0.1, 0.15) is 5.52 Å². The van der Waals surface area contributed by atoms with Crippen LogP contribution in [0.4, 0.5) is 5.95 Å². The highest BCUT2D eigenvalue weighted by atomic mass is 16.5. The van der Waals surface area contributed by atoms with E-state index in [0.29, 0.717) is 22.5 Å². The standard InChI is InChI=1S/C16H22N6O3/c1-2-3-6-12(10-22(25)11-23)9-15(24)19-21-16-17-13-7-4-5-8-14(13)18-20-16/h4-5,7-8,11-12,25H,2-3,6,9-10H2,1H3,(H,19,24)(H,17,20,21)/t12-/m1/s1. The molecule has 3 N–H and O–H groups in total. The first-order valence-electron chi connectivity index (χ1n) is 8.17. The van der Waals surface area contributed by atoms with Crippen LogP contribution in [0, 0.1) is 5.92 Å². The number of carbonyl (C=O) groups is 2. The van der Waals surface area contributed by atoms with Gasteiger partial charge >= 0.3 is 0 Å². The number of unbranched alkanes of at least 4 members (excludes halogenated alkanes) is 1. The zero-order chi connectivity index (χ0) is 18.1. The number of nitrogens with one attached hydrogen (secondary N) is 2. The van der Waals surface area contributed by atoms with Gasteiger partial charge in [-0.15, -0.1) is 10.2 Å². The molecule has 25 heavy (non-hydrogen) atoms. The van der Waals surface area contributed by atoms with Gasteiger partial charge in [-0.1, -0.05) is 31.9 Å². The number of hydrogen-bond acceptors (Lipinski definition) is 7. The van der Waals surface area contributed by atoms with Gasteiger partial charge in [0.15, 0.2) is 0 Å². The summed E-state index contributed by atoms with van der Waals surface area (Å²) in [7, 11) is 0. The average Bonchev–Trinajstić information content (AvgIpc) is 2.64. The molecule has 0 unspecified atom stereocenters. The smallest absolute Gasteiger partial charge is 0.262 e. The van der Waals surface area contributed by atoms with Gasteiger partial charge in [0, 0.05) is 6.42 Å². The van der Waals surface area contributed by atoms with E-state index in [1.54, 1.807) is 12.1 Å². The zero-order valence-corrected chi connectivity index (χ0v) is 14.1. The number of hydrazine groups is 1. The van der Waals surface area contributed by atoms with Crippen LogP contribution in [0.5, 0.6) is 0 Å². The topological polar surface area (TPSA) is 120 Å². The summed E-state index contributed by atoms with van der Waals surface area (Å²) in [6.07, 6.45) is 3.13. The molecule has 1 atom stereocenters. The van der Waals surface area contributed by atoms with Gasteiger partial charge in [-0.25, -0.2) is 10.0 Å². The molecule has 0 fully saturated rings. The van der Waals surface area contributed by atoms with Crippen LogP contribution in [0.1, 0.15) is 32.6 Å². The van der Waals surface area contributed by atoms with Crippen LogP contribution < -0.4 is 10.9 Å². The number of para-hydroxylation sites is 1. The molecule has 9 heteroatoms. The maximum Gasteiger partial charge on any atom is 0.262 e. The number of amides is 2. The third kappa shape index (κ3) is 5.96. The molecule has 0 saturated carbocycles. The van der Waals surface area contributed by atoms with E-state index in [1.807, 2.05) is 19.1 Å². The van der Waals surface area contributed by atoms with E-state index in [1.165, 1.54) is 0 Å². The molecule has 0 saturated heterocycles. The summed E-state index contributed by atoms with van der Waals surface area (Å²) in [5, 5.41) is 17.8. The molecule has 0 aliphatic rings. The van der Waals surface area contributed by atoms with Gasteiger partial charge in [-0.2, -0.15) is 0 Å². The Bertz CT molecular complexity index is 711.